The average molecular weight is 254 g/mol. The van der Waals surface area contributed by atoms with E-state index in [1.165, 1.54) is 37.0 Å². The van der Waals surface area contributed by atoms with Gasteiger partial charge in [0.1, 0.15) is 13.2 Å². The smallest absolute Gasteiger partial charge is 0.255 e. The molecule has 0 aromatic carbocycles. The molecular weight excluding hydrogens is 232 g/mol. The van der Waals surface area contributed by atoms with E-state index in [0.717, 1.165) is 0 Å². The summed E-state index contributed by atoms with van der Waals surface area (Å²) in [5, 5.41) is 3.27. The number of rotatable bonds is 4. The molecule has 1 saturated heterocycles. The number of hydrogen-bond donors (Lipinski definition) is 1. The van der Waals surface area contributed by atoms with E-state index in [1.807, 2.05) is 7.05 Å². The van der Waals surface area contributed by atoms with Crippen LogP contribution in [0.2, 0.25) is 0 Å². The Hall–Kier alpha value is -0.940. The molecule has 0 aromatic rings. The van der Waals surface area contributed by atoms with E-state index in [1.54, 1.807) is 0 Å². The lowest BCUT2D eigenvalue weighted by Crippen LogP contribution is -2.53. The van der Waals surface area contributed by atoms with Gasteiger partial charge >= 0.3 is 0 Å². The van der Waals surface area contributed by atoms with Crippen LogP contribution in [0.25, 0.3) is 0 Å². The van der Waals surface area contributed by atoms with Crippen LogP contribution in [0.4, 0.5) is 0 Å². The highest BCUT2D eigenvalue weighted by atomic mass is 16.5. The third-order valence-electron chi connectivity index (χ3n) is 4.02. The summed E-state index contributed by atoms with van der Waals surface area (Å²) in [6.07, 6.45) is 6.21. The monoisotopic (exact) mass is 254 g/mol. The molecule has 0 aromatic heterocycles. The predicted molar refractivity (Wildman–Crippen MR) is 67.0 cm³/mol. The molecule has 1 aliphatic heterocycles. The summed E-state index contributed by atoms with van der Waals surface area (Å²) in [6.45, 7) is 0.557. The first-order valence-corrected chi connectivity index (χ1v) is 6.80. The van der Waals surface area contributed by atoms with Crippen LogP contribution < -0.4 is 5.32 Å². The maximum Gasteiger partial charge on any atom is 0.255 e. The van der Waals surface area contributed by atoms with Crippen LogP contribution in [0.5, 0.6) is 0 Å². The molecule has 1 N–H and O–H groups in total. The Kier molecular flexibility index (Phi) is 4.72. The fraction of sp³-hybridized carbons (Fsp3) is 0.846. The van der Waals surface area contributed by atoms with Gasteiger partial charge in [-0.1, -0.05) is 19.3 Å². The molecule has 1 unspecified atom stereocenters. The number of hydrogen-bond acceptors (Lipinski definition) is 4. The number of morpholine rings is 1. The molecule has 2 fully saturated rings. The number of amides is 2. The van der Waals surface area contributed by atoms with Crippen LogP contribution in [-0.2, 0) is 14.3 Å². The summed E-state index contributed by atoms with van der Waals surface area (Å²) in [5.41, 5.74) is 0. The first-order chi connectivity index (χ1) is 8.72. The van der Waals surface area contributed by atoms with Crippen molar-refractivity contribution >= 4 is 11.8 Å². The molecule has 1 atom stereocenters. The van der Waals surface area contributed by atoms with Crippen LogP contribution in [0.1, 0.15) is 32.1 Å². The Labute approximate surface area is 108 Å². The number of carbonyl (C=O) groups excluding carboxylic acids is 2. The normalized spacial score (nSPS) is 24.4. The van der Waals surface area contributed by atoms with Crippen molar-refractivity contribution in [2.75, 3.05) is 26.8 Å². The molecule has 2 amide bonds. The van der Waals surface area contributed by atoms with Gasteiger partial charge in [-0.05, 0) is 25.8 Å². The second-order valence-electron chi connectivity index (χ2n) is 5.18. The maximum absolute atomic E-state index is 11.7. The minimum Gasteiger partial charge on any atom is -0.362 e. The number of nitrogens with one attached hydrogen (secondary N) is 1. The van der Waals surface area contributed by atoms with Crippen molar-refractivity contribution in [3.8, 4) is 0 Å². The Balaban J connectivity index is 1.95. The van der Waals surface area contributed by atoms with Crippen LogP contribution in [0.3, 0.4) is 0 Å². The van der Waals surface area contributed by atoms with Crippen LogP contribution in [0, 0.1) is 5.92 Å². The highest BCUT2D eigenvalue weighted by molar-refractivity contribution is 5.98. The van der Waals surface area contributed by atoms with E-state index in [9.17, 15) is 9.59 Å². The molecule has 2 rings (SSSR count). The molecule has 1 heterocycles. The summed E-state index contributed by atoms with van der Waals surface area (Å²) in [6, 6.07) is 0.219. The van der Waals surface area contributed by atoms with E-state index in [-0.39, 0.29) is 31.1 Å². The zero-order valence-corrected chi connectivity index (χ0v) is 11.0. The zero-order chi connectivity index (χ0) is 13.0. The van der Waals surface area contributed by atoms with E-state index >= 15 is 0 Å². The largest absolute Gasteiger partial charge is 0.362 e. The van der Waals surface area contributed by atoms with Gasteiger partial charge in [-0.3, -0.25) is 14.5 Å². The first kappa shape index (κ1) is 13.5. The Morgan fingerprint density at radius 3 is 2.39 bits per heavy atom. The summed E-state index contributed by atoms with van der Waals surface area (Å²) < 4.78 is 4.92. The predicted octanol–water partition coefficient (Wildman–Crippen LogP) is 0.540. The highest BCUT2D eigenvalue weighted by Crippen LogP contribution is 2.27. The topological polar surface area (TPSA) is 58.6 Å². The number of nitrogens with zero attached hydrogens (tertiary/aromatic N) is 1. The lowest BCUT2D eigenvalue weighted by Gasteiger charge is -2.34. The third kappa shape index (κ3) is 3.09. The van der Waals surface area contributed by atoms with Crippen molar-refractivity contribution in [1.82, 2.24) is 10.2 Å². The summed E-state index contributed by atoms with van der Waals surface area (Å²) in [7, 11) is 1.91. The summed E-state index contributed by atoms with van der Waals surface area (Å²) >= 11 is 0. The molecular formula is C13H22N2O3. The Bertz CT molecular complexity index is 297. The van der Waals surface area contributed by atoms with E-state index in [4.69, 9.17) is 4.74 Å². The molecule has 18 heavy (non-hydrogen) atoms. The maximum atomic E-state index is 11.7. The van der Waals surface area contributed by atoms with Crippen LogP contribution >= 0.6 is 0 Å². The fourth-order valence-electron chi connectivity index (χ4n) is 2.93. The third-order valence-corrected chi connectivity index (χ3v) is 4.02. The second-order valence-corrected chi connectivity index (χ2v) is 5.18. The average Bonchev–Trinajstić information content (AvgIpc) is 2.40. The van der Waals surface area contributed by atoms with Crippen LogP contribution in [-0.4, -0.2) is 49.6 Å². The number of ether oxygens (including phenoxy) is 1. The minimum atomic E-state index is -0.206. The molecule has 0 radical (unpaired) electrons. The highest BCUT2D eigenvalue weighted by Gasteiger charge is 2.31. The molecule has 5 nitrogen and oxygen atoms in total. The van der Waals surface area contributed by atoms with E-state index in [0.29, 0.717) is 12.5 Å². The van der Waals surface area contributed by atoms with Gasteiger partial charge in [0.2, 0.25) is 0 Å². The molecule has 1 aliphatic carbocycles. The summed E-state index contributed by atoms with van der Waals surface area (Å²) in [4.78, 5) is 24.7. The number of likely N-dealkylation sites (N-methyl/N-ethyl adjacent to an activating group) is 1. The van der Waals surface area contributed by atoms with Crippen molar-refractivity contribution in [3.63, 3.8) is 0 Å². The van der Waals surface area contributed by atoms with Crippen molar-refractivity contribution in [2.45, 2.75) is 38.1 Å². The van der Waals surface area contributed by atoms with Crippen molar-refractivity contribution in [3.05, 3.63) is 0 Å². The van der Waals surface area contributed by atoms with Crippen LogP contribution in [0.15, 0.2) is 0 Å². The first-order valence-electron chi connectivity index (χ1n) is 6.80. The quantitative estimate of drug-likeness (QED) is 0.744. The van der Waals surface area contributed by atoms with Gasteiger partial charge in [-0.25, -0.2) is 0 Å². The molecule has 1 saturated carbocycles. The van der Waals surface area contributed by atoms with E-state index < -0.39 is 0 Å². The standard InChI is InChI=1S/C13H22N2O3/c1-14-11(10-5-3-2-4-6-10)7-15-12(16)8-18-9-13(15)17/h10-11,14H,2-9H2,1H3. The van der Waals surface area contributed by atoms with Gasteiger partial charge in [0, 0.05) is 12.6 Å². The molecule has 0 bridgehead atoms. The van der Waals surface area contributed by atoms with Crippen molar-refractivity contribution in [1.29, 1.82) is 0 Å². The molecule has 0 spiro atoms. The van der Waals surface area contributed by atoms with Gasteiger partial charge in [-0.2, -0.15) is 0 Å². The Morgan fingerprint density at radius 2 is 1.83 bits per heavy atom. The van der Waals surface area contributed by atoms with Crippen molar-refractivity contribution < 1.29 is 14.3 Å². The molecule has 5 heteroatoms. The minimum absolute atomic E-state index is 0.0346. The summed E-state index contributed by atoms with van der Waals surface area (Å²) in [5.74, 6) is 0.164. The number of imide groups is 1. The van der Waals surface area contributed by atoms with Gasteiger partial charge in [0.15, 0.2) is 0 Å². The van der Waals surface area contributed by atoms with Gasteiger partial charge in [0.25, 0.3) is 11.8 Å². The van der Waals surface area contributed by atoms with Crippen molar-refractivity contribution in [2.24, 2.45) is 5.92 Å². The second kappa shape index (κ2) is 6.29. The SMILES string of the molecule is CNC(CN1C(=O)COCC1=O)C1CCCCC1. The van der Waals surface area contributed by atoms with Gasteiger partial charge in [-0.15, -0.1) is 0 Å². The lowest BCUT2D eigenvalue weighted by atomic mass is 9.83. The zero-order valence-electron chi connectivity index (χ0n) is 11.0. The lowest BCUT2D eigenvalue weighted by molar-refractivity contribution is -0.159. The molecule has 102 valence electrons. The van der Waals surface area contributed by atoms with E-state index in [2.05, 4.69) is 5.32 Å². The Morgan fingerprint density at radius 1 is 1.22 bits per heavy atom. The van der Waals surface area contributed by atoms with Gasteiger partial charge < -0.3 is 10.1 Å². The molecule has 2 aliphatic rings. The fourth-order valence-corrected chi connectivity index (χ4v) is 2.93. The number of carbonyl (C=O) groups is 2. The van der Waals surface area contributed by atoms with Gasteiger partial charge in [0.05, 0.1) is 0 Å².